The third-order valence-corrected chi connectivity index (χ3v) is 5.05. The molecular formula is C16H30N4S. The van der Waals surface area contributed by atoms with E-state index in [0.717, 1.165) is 38.4 Å². The van der Waals surface area contributed by atoms with Gasteiger partial charge in [0.25, 0.3) is 0 Å². The average molecular weight is 311 g/mol. The zero-order valence-corrected chi connectivity index (χ0v) is 15.0. The fraction of sp³-hybridized carbons (Fsp3) is 0.812. The molecule has 4 nitrogen and oxygen atoms in total. The minimum absolute atomic E-state index is 0.144. The van der Waals surface area contributed by atoms with Crippen LogP contribution in [-0.4, -0.2) is 47.6 Å². The van der Waals surface area contributed by atoms with Crippen LogP contribution in [0.1, 0.15) is 46.7 Å². The van der Waals surface area contributed by atoms with Crippen molar-refractivity contribution in [2.45, 2.75) is 59.2 Å². The van der Waals surface area contributed by atoms with Crippen LogP contribution in [0.2, 0.25) is 0 Å². The molecule has 2 rings (SSSR count). The van der Waals surface area contributed by atoms with Gasteiger partial charge in [0.1, 0.15) is 0 Å². The predicted octanol–water partition coefficient (Wildman–Crippen LogP) is 2.95. The second-order valence-electron chi connectivity index (χ2n) is 6.83. The molecule has 1 aliphatic rings. The Morgan fingerprint density at radius 2 is 2.10 bits per heavy atom. The number of nitrogens with one attached hydrogen (secondary N) is 1. The van der Waals surface area contributed by atoms with E-state index in [1.165, 1.54) is 11.6 Å². The zero-order valence-electron chi connectivity index (χ0n) is 14.1. The Kier molecular flexibility index (Phi) is 5.63. The first kappa shape index (κ1) is 16.7. The SMILES string of the molecule is CCN(CC)C1CCN(c2nc(CNC(C)(C)C)cs2)C1. The minimum atomic E-state index is 0.144. The molecule has 0 aromatic carbocycles. The molecule has 2 heterocycles. The zero-order chi connectivity index (χ0) is 15.5. The van der Waals surface area contributed by atoms with Gasteiger partial charge in [-0.25, -0.2) is 4.98 Å². The summed E-state index contributed by atoms with van der Waals surface area (Å²) < 4.78 is 0. The van der Waals surface area contributed by atoms with Crippen LogP contribution in [0.3, 0.4) is 0 Å². The van der Waals surface area contributed by atoms with Crippen LogP contribution >= 0.6 is 11.3 Å². The predicted molar refractivity (Wildman–Crippen MR) is 92.2 cm³/mol. The number of rotatable bonds is 6. The fourth-order valence-corrected chi connectivity index (χ4v) is 3.69. The Balaban J connectivity index is 1.90. The summed E-state index contributed by atoms with van der Waals surface area (Å²) in [6.45, 7) is 16.5. The summed E-state index contributed by atoms with van der Waals surface area (Å²) in [5.74, 6) is 0. The number of anilines is 1. The van der Waals surface area contributed by atoms with Crippen molar-refractivity contribution in [1.82, 2.24) is 15.2 Å². The van der Waals surface area contributed by atoms with Crippen molar-refractivity contribution < 1.29 is 0 Å². The van der Waals surface area contributed by atoms with Crippen LogP contribution in [0.4, 0.5) is 5.13 Å². The maximum absolute atomic E-state index is 4.80. The second-order valence-corrected chi connectivity index (χ2v) is 7.67. The molecule has 0 radical (unpaired) electrons. The molecule has 1 N–H and O–H groups in total. The highest BCUT2D eigenvalue weighted by Crippen LogP contribution is 2.26. The molecule has 1 fully saturated rings. The summed E-state index contributed by atoms with van der Waals surface area (Å²) >= 11 is 1.78. The highest BCUT2D eigenvalue weighted by Gasteiger charge is 2.27. The van der Waals surface area contributed by atoms with Gasteiger partial charge in [-0.05, 0) is 40.3 Å². The summed E-state index contributed by atoms with van der Waals surface area (Å²) in [7, 11) is 0. The Labute approximate surface area is 133 Å². The van der Waals surface area contributed by atoms with Crippen LogP contribution in [0.15, 0.2) is 5.38 Å². The van der Waals surface area contributed by atoms with Crippen molar-refractivity contribution in [1.29, 1.82) is 0 Å². The molecule has 0 saturated carbocycles. The van der Waals surface area contributed by atoms with E-state index >= 15 is 0 Å². The Morgan fingerprint density at radius 3 is 2.71 bits per heavy atom. The van der Waals surface area contributed by atoms with Crippen molar-refractivity contribution in [2.24, 2.45) is 0 Å². The van der Waals surface area contributed by atoms with Gasteiger partial charge in [0.15, 0.2) is 5.13 Å². The Bertz CT molecular complexity index is 434. The van der Waals surface area contributed by atoms with E-state index in [1.807, 2.05) is 0 Å². The van der Waals surface area contributed by atoms with Gasteiger partial charge in [0, 0.05) is 36.6 Å². The number of likely N-dealkylation sites (N-methyl/N-ethyl adjacent to an activating group) is 1. The van der Waals surface area contributed by atoms with Crippen LogP contribution in [0.5, 0.6) is 0 Å². The van der Waals surface area contributed by atoms with Crippen LogP contribution < -0.4 is 10.2 Å². The van der Waals surface area contributed by atoms with E-state index in [1.54, 1.807) is 11.3 Å². The van der Waals surface area contributed by atoms with Gasteiger partial charge in [-0.1, -0.05) is 13.8 Å². The molecular weight excluding hydrogens is 280 g/mol. The molecule has 0 aliphatic carbocycles. The first-order valence-corrected chi connectivity index (χ1v) is 8.99. The second kappa shape index (κ2) is 7.07. The van der Waals surface area contributed by atoms with E-state index in [-0.39, 0.29) is 5.54 Å². The lowest BCUT2D eigenvalue weighted by Gasteiger charge is -2.25. The summed E-state index contributed by atoms with van der Waals surface area (Å²) in [5.41, 5.74) is 1.31. The standard InChI is InChI=1S/C16H30N4S/c1-6-19(7-2)14-8-9-20(11-14)15-18-13(12-21-15)10-17-16(3,4)5/h12,14,17H,6-11H2,1-5H3. The molecule has 1 unspecified atom stereocenters. The minimum Gasteiger partial charge on any atom is -0.346 e. The van der Waals surface area contributed by atoms with Crippen LogP contribution in [0, 0.1) is 0 Å². The first-order valence-electron chi connectivity index (χ1n) is 8.11. The van der Waals surface area contributed by atoms with Crippen molar-refractivity contribution >= 4 is 16.5 Å². The van der Waals surface area contributed by atoms with Gasteiger partial charge in [-0.2, -0.15) is 0 Å². The molecule has 0 spiro atoms. The monoisotopic (exact) mass is 310 g/mol. The van der Waals surface area contributed by atoms with E-state index in [0.29, 0.717) is 6.04 Å². The number of nitrogens with zero attached hydrogens (tertiary/aromatic N) is 3. The Morgan fingerprint density at radius 1 is 1.38 bits per heavy atom. The smallest absolute Gasteiger partial charge is 0.185 e. The van der Waals surface area contributed by atoms with E-state index in [9.17, 15) is 0 Å². The van der Waals surface area contributed by atoms with E-state index in [4.69, 9.17) is 4.98 Å². The molecule has 21 heavy (non-hydrogen) atoms. The lowest BCUT2D eigenvalue weighted by molar-refractivity contribution is 0.232. The van der Waals surface area contributed by atoms with Gasteiger partial charge in [-0.3, -0.25) is 4.90 Å². The van der Waals surface area contributed by atoms with Crippen molar-refractivity contribution in [3.63, 3.8) is 0 Å². The van der Waals surface area contributed by atoms with Gasteiger partial charge in [0.2, 0.25) is 0 Å². The van der Waals surface area contributed by atoms with Crippen LogP contribution in [0.25, 0.3) is 0 Å². The largest absolute Gasteiger partial charge is 0.346 e. The normalized spacial score (nSPS) is 19.7. The molecule has 0 bridgehead atoms. The topological polar surface area (TPSA) is 31.4 Å². The van der Waals surface area contributed by atoms with Crippen molar-refractivity contribution in [2.75, 3.05) is 31.1 Å². The van der Waals surface area contributed by atoms with Crippen molar-refractivity contribution in [3.8, 4) is 0 Å². The fourth-order valence-electron chi connectivity index (χ4n) is 2.83. The van der Waals surface area contributed by atoms with Gasteiger partial charge in [0.05, 0.1) is 5.69 Å². The quantitative estimate of drug-likeness (QED) is 0.875. The summed E-state index contributed by atoms with van der Waals surface area (Å²) in [4.78, 5) is 9.82. The molecule has 5 heteroatoms. The number of hydrogen-bond acceptors (Lipinski definition) is 5. The number of thiazole rings is 1. The van der Waals surface area contributed by atoms with Gasteiger partial charge in [-0.15, -0.1) is 11.3 Å². The lowest BCUT2D eigenvalue weighted by atomic mass is 10.1. The highest BCUT2D eigenvalue weighted by atomic mass is 32.1. The third kappa shape index (κ3) is 4.66. The molecule has 1 aromatic rings. The van der Waals surface area contributed by atoms with E-state index < -0.39 is 0 Å². The van der Waals surface area contributed by atoms with Crippen LogP contribution in [-0.2, 0) is 6.54 Å². The molecule has 0 amide bonds. The summed E-state index contributed by atoms with van der Waals surface area (Å²) in [6, 6.07) is 0.694. The lowest BCUT2D eigenvalue weighted by Crippen LogP contribution is -2.37. The Hall–Kier alpha value is -0.650. The van der Waals surface area contributed by atoms with Crippen molar-refractivity contribution in [3.05, 3.63) is 11.1 Å². The van der Waals surface area contributed by atoms with E-state index in [2.05, 4.69) is 55.1 Å². The van der Waals surface area contributed by atoms with Gasteiger partial charge < -0.3 is 10.2 Å². The summed E-state index contributed by atoms with van der Waals surface area (Å²) in [6.07, 6.45) is 1.26. The summed E-state index contributed by atoms with van der Waals surface area (Å²) in [5, 5.41) is 6.89. The van der Waals surface area contributed by atoms with Gasteiger partial charge >= 0.3 is 0 Å². The highest BCUT2D eigenvalue weighted by molar-refractivity contribution is 7.13. The molecule has 1 aliphatic heterocycles. The maximum atomic E-state index is 4.80. The number of aromatic nitrogens is 1. The first-order chi connectivity index (χ1) is 9.93. The third-order valence-electron chi connectivity index (χ3n) is 4.10. The molecule has 1 atom stereocenters. The number of hydrogen-bond donors (Lipinski definition) is 1. The molecule has 1 aromatic heterocycles. The average Bonchev–Trinajstić information content (AvgIpc) is 3.05. The molecule has 1 saturated heterocycles. The maximum Gasteiger partial charge on any atom is 0.185 e. The molecule has 120 valence electrons.